The molecule has 0 atom stereocenters. The van der Waals surface area contributed by atoms with Gasteiger partial charge in [-0.05, 0) is 55.0 Å². The molecule has 0 saturated carbocycles. The number of nitrogens with one attached hydrogen (secondary N) is 2. The normalized spacial score (nSPS) is 10.7. The number of ether oxygens (including phenoxy) is 1. The maximum atomic E-state index is 11.9. The molecule has 0 aliphatic carbocycles. The minimum Gasteiger partial charge on any atom is -0.497 e. The third-order valence-electron chi connectivity index (χ3n) is 4.77. The molecule has 7 heteroatoms. The molecule has 29 heavy (non-hydrogen) atoms. The number of fused-ring (bicyclic) bond motifs is 1. The number of hydrogen-bond acceptors (Lipinski definition) is 5. The lowest BCUT2D eigenvalue weighted by Gasteiger charge is -2.10. The van der Waals surface area contributed by atoms with Crippen LogP contribution in [-0.4, -0.2) is 34.4 Å². The lowest BCUT2D eigenvalue weighted by atomic mass is 10.1. The molecule has 4 aromatic rings. The van der Waals surface area contributed by atoms with Gasteiger partial charge in [-0.2, -0.15) is 0 Å². The molecule has 146 valence electrons. The largest absolute Gasteiger partial charge is 0.497 e. The van der Waals surface area contributed by atoms with Gasteiger partial charge in [0.15, 0.2) is 11.5 Å². The lowest BCUT2D eigenvalue weighted by molar-refractivity contribution is 0.0962. The number of methoxy groups -OCH3 is 1. The molecule has 0 spiro atoms. The number of amides is 1. The van der Waals surface area contributed by atoms with E-state index in [-0.39, 0.29) is 5.91 Å². The Kier molecular flexibility index (Phi) is 4.87. The standard InChI is InChI=1S/C22H21N5O2/c1-14-12-16(6-9-18(14)22(28)23-2)26-20-21-25-13-19(27(21)11-10-24-20)15-4-7-17(29-3)8-5-15/h4-13H,1-3H3,(H,23,28)(H,24,26). The van der Waals surface area contributed by atoms with E-state index in [4.69, 9.17) is 4.74 Å². The molecule has 0 saturated heterocycles. The van der Waals surface area contributed by atoms with E-state index >= 15 is 0 Å². The molecule has 2 heterocycles. The second kappa shape index (κ2) is 7.63. The summed E-state index contributed by atoms with van der Waals surface area (Å²) in [7, 11) is 3.27. The fourth-order valence-electron chi connectivity index (χ4n) is 3.25. The third kappa shape index (κ3) is 3.50. The van der Waals surface area contributed by atoms with E-state index in [2.05, 4.69) is 20.6 Å². The summed E-state index contributed by atoms with van der Waals surface area (Å²) < 4.78 is 7.22. The first-order chi connectivity index (χ1) is 14.1. The third-order valence-corrected chi connectivity index (χ3v) is 4.77. The van der Waals surface area contributed by atoms with Crippen molar-refractivity contribution in [3.8, 4) is 17.0 Å². The summed E-state index contributed by atoms with van der Waals surface area (Å²) >= 11 is 0. The fourth-order valence-corrected chi connectivity index (χ4v) is 3.25. The number of hydrogen-bond donors (Lipinski definition) is 2. The number of carbonyl (C=O) groups is 1. The maximum Gasteiger partial charge on any atom is 0.251 e. The number of anilines is 2. The van der Waals surface area contributed by atoms with Crippen molar-refractivity contribution in [2.45, 2.75) is 6.92 Å². The van der Waals surface area contributed by atoms with Crippen molar-refractivity contribution in [3.05, 3.63) is 72.2 Å². The van der Waals surface area contributed by atoms with Crippen molar-refractivity contribution < 1.29 is 9.53 Å². The van der Waals surface area contributed by atoms with Crippen LogP contribution in [0.15, 0.2) is 61.1 Å². The Labute approximate surface area is 168 Å². The summed E-state index contributed by atoms with van der Waals surface area (Å²) in [6, 6.07) is 13.4. The molecule has 0 aliphatic rings. The lowest BCUT2D eigenvalue weighted by Crippen LogP contribution is -2.18. The number of aryl methyl sites for hydroxylation is 1. The van der Waals surface area contributed by atoms with Crippen molar-refractivity contribution in [2.75, 3.05) is 19.5 Å². The van der Waals surface area contributed by atoms with E-state index < -0.39 is 0 Å². The van der Waals surface area contributed by atoms with E-state index in [1.807, 2.05) is 60.1 Å². The van der Waals surface area contributed by atoms with Gasteiger partial charge in [-0.25, -0.2) is 9.97 Å². The molecule has 2 aromatic heterocycles. The van der Waals surface area contributed by atoms with Crippen LogP contribution in [0.1, 0.15) is 15.9 Å². The fraction of sp³-hybridized carbons (Fsp3) is 0.136. The Morgan fingerprint density at radius 3 is 2.59 bits per heavy atom. The first-order valence-electron chi connectivity index (χ1n) is 9.17. The summed E-state index contributed by atoms with van der Waals surface area (Å²) in [6.07, 6.45) is 5.44. The van der Waals surface area contributed by atoms with Crippen LogP contribution in [-0.2, 0) is 0 Å². The first kappa shape index (κ1) is 18.5. The number of benzene rings is 2. The van der Waals surface area contributed by atoms with Gasteiger partial charge in [0.05, 0.1) is 19.0 Å². The smallest absolute Gasteiger partial charge is 0.251 e. The highest BCUT2D eigenvalue weighted by molar-refractivity contribution is 5.96. The quantitative estimate of drug-likeness (QED) is 0.544. The molecule has 4 rings (SSSR count). The molecule has 0 aliphatic heterocycles. The minimum absolute atomic E-state index is 0.105. The average molecular weight is 387 g/mol. The number of aromatic nitrogens is 3. The Morgan fingerprint density at radius 2 is 1.90 bits per heavy atom. The van der Waals surface area contributed by atoms with Crippen LogP contribution in [0.2, 0.25) is 0 Å². The summed E-state index contributed by atoms with van der Waals surface area (Å²) in [5.74, 6) is 1.34. The summed E-state index contributed by atoms with van der Waals surface area (Å²) in [4.78, 5) is 20.9. The Balaban J connectivity index is 1.68. The SMILES string of the molecule is CNC(=O)c1ccc(Nc2nccn3c(-c4ccc(OC)cc4)cnc23)cc1C. The molecule has 0 fully saturated rings. The van der Waals surface area contributed by atoms with E-state index in [0.29, 0.717) is 17.0 Å². The van der Waals surface area contributed by atoms with Gasteiger partial charge in [0.25, 0.3) is 5.91 Å². The molecular formula is C22H21N5O2. The molecule has 2 aromatic carbocycles. The average Bonchev–Trinajstić information content (AvgIpc) is 3.18. The molecule has 0 unspecified atom stereocenters. The number of nitrogens with zero attached hydrogens (tertiary/aromatic N) is 3. The van der Waals surface area contributed by atoms with Crippen molar-refractivity contribution in [3.63, 3.8) is 0 Å². The molecular weight excluding hydrogens is 366 g/mol. The van der Waals surface area contributed by atoms with Crippen molar-refractivity contribution in [2.24, 2.45) is 0 Å². The molecule has 0 bridgehead atoms. The topological polar surface area (TPSA) is 80.6 Å². The van der Waals surface area contributed by atoms with Crippen molar-refractivity contribution >= 4 is 23.1 Å². The van der Waals surface area contributed by atoms with E-state index in [1.54, 1.807) is 26.4 Å². The maximum absolute atomic E-state index is 11.9. The van der Waals surface area contributed by atoms with Crippen molar-refractivity contribution in [1.29, 1.82) is 0 Å². The van der Waals surface area contributed by atoms with Crippen LogP contribution in [0.3, 0.4) is 0 Å². The molecule has 1 amide bonds. The zero-order chi connectivity index (χ0) is 20.4. The highest BCUT2D eigenvalue weighted by atomic mass is 16.5. The zero-order valence-electron chi connectivity index (χ0n) is 16.4. The first-order valence-corrected chi connectivity index (χ1v) is 9.17. The Hall–Kier alpha value is -3.87. The zero-order valence-corrected chi connectivity index (χ0v) is 16.4. The van der Waals surface area contributed by atoms with Crippen LogP contribution >= 0.6 is 0 Å². The number of imidazole rings is 1. The van der Waals surface area contributed by atoms with Crippen molar-refractivity contribution in [1.82, 2.24) is 19.7 Å². The predicted octanol–water partition coefficient (Wildman–Crippen LogP) is 3.82. The van der Waals surface area contributed by atoms with E-state index in [9.17, 15) is 4.79 Å². The highest BCUT2D eigenvalue weighted by Crippen LogP contribution is 2.27. The van der Waals surface area contributed by atoms with Gasteiger partial charge in [0.1, 0.15) is 5.75 Å². The predicted molar refractivity (Wildman–Crippen MR) is 113 cm³/mol. The molecule has 0 radical (unpaired) electrons. The van der Waals surface area contributed by atoms with Gasteiger partial charge in [-0.3, -0.25) is 9.20 Å². The van der Waals surface area contributed by atoms with E-state index in [0.717, 1.165) is 28.3 Å². The van der Waals surface area contributed by atoms with Crippen LogP contribution in [0.5, 0.6) is 5.75 Å². The minimum atomic E-state index is -0.105. The van der Waals surface area contributed by atoms with Crippen LogP contribution in [0, 0.1) is 6.92 Å². The van der Waals surface area contributed by atoms with Gasteiger partial charge < -0.3 is 15.4 Å². The Morgan fingerprint density at radius 1 is 1.10 bits per heavy atom. The molecule has 7 nitrogen and oxygen atoms in total. The van der Waals surface area contributed by atoms with Gasteiger partial charge in [-0.1, -0.05) is 0 Å². The van der Waals surface area contributed by atoms with Crippen LogP contribution < -0.4 is 15.4 Å². The molecule has 2 N–H and O–H groups in total. The monoisotopic (exact) mass is 387 g/mol. The summed E-state index contributed by atoms with van der Waals surface area (Å²) in [6.45, 7) is 1.90. The number of rotatable bonds is 5. The van der Waals surface area contributed by atoms with Gasteiger partial charge >= 0.3 is 0 Å². The second-order valence-electron chi connectivity index (χ2n) is 6.58. The van der Waals surface area contributed by atoms with Crippen LogP contribution in [0.4, 0.5) is 11.5 Å². The summed E-state index contributed by atoms with van der Waals surface area (Å²) in [5.41, 5.74) is 5.06. The summed E-state index contributed by atoms with van der Waals surface area (Å²) in [5, 5.41) is 5.96. The van der Waals surface area contributed by atoms with Crippen LogP contribution in [0.25, 0.3) is 16.9 Å². The number of carbonyl (C=O) groups excluding carboxylic acids is 1. The second-order valence-corrected chi connectivity index (χ2v) is 6.58. The van der Waals surface area contributed by atoms with Gasteiger partial charge in [-0.15, -0.1) is 0 Å². The highest BCUT2D eigenvalue weighted by Gasteiger charge is 2.12. The van der Waals surface area contributed by atoms with Gasteiger partial charge in [0.2, 0.25) is 0 Å². The Bertz CT molecular complexity index is 1180. The van der Waals surface area contributed by atoms with E-state index in [1.165, 1.54) is 0 Å². The van der Waals surface area contributed by atoms with Gasteiger partial charge in [0, 0.05) is 36.3 Å².